The third-order valence-electron chi connectivity index (χ3n) is 1.92. The molecule has 1 heterocycles. The van der Waals surface area contributed by atoms with E-state index in [1.165, 1.54) is 18.5 Å². The average molecular weight is 295 g/mol. The summed E-state index contributed by atoms with van der Waals surface area (Å²) < 4.78 is 0.520. The highest BCUT2D eigenvalue weighted by atomic mass is 79.9. The molecule has 0 saturated carbocycles. The largest absolute Gasteiger partial charge is 0.507 e. The zero-order valence-corrected chi connectivity index (χ0v) is 10.0. The number of phenolic OH excluding ortho intramolecular Hbond substituents is 1. The monoisotopic (exact) mass is 294 g/mol. The van der Waals surface area contributed by atoms with Crippen LogP contribution in [0, 0.1) is 0 Å². The third kappa shape index (κ3) is 2.76. The van der Waals surface area contributed by atoms with Gasteiger partial charge < -0.3 is 5.11 Å². The third-order valence-corrected chi connectivity index (χ3v) is 2.59. The molecule has 6 nitrogen and oxygen atoms in total. The van der Waals surface area contributed by atoms with Crippen molar-refractivity contribution in [2.75, 3.05) is 5.32 Å². The summed E-state index contributed by atoms with van der Waals surface area (Å²) in [6.07, 6.45) is 2.82. The Hall–Kier alpha value is -2.02. The first-order valence-corrected chi connectivity index (χ1v) is 5.39. The fourth-order valence-electron chi connectivity index (χ4n) is 1.13. The van der Waals surface area contributed by atoms with E-state index in [9.17, 15) is 9.90 Å². The van der Waals surface area contributed by atoms with Crippen LogP contribution in [0.25, 0.3) is 0 Å². The van der Waals surface area contributed by atoms with E-state index in [0.29, 0.717) is 10.0 Å². The highest BCUT2D eigenvalue weighted by molar-refractivity contribution is 9.10. The van der Waals surface area contributed by atoms with Gasteiger partial charge in [-0.25, -0.2) is 4.98 Å². The minimum atomic E-state index is -0.416. The number of halogens is 1. The Kier molecular flexibility index (Phi) is 3.29. The van der Waals surface area contributed by atoms with E-state index in [2.05, 4.69) is 36.4 Å². The van der Waals surface area contributed by atoms with Gasteiger partial charge in [0.2, 0.25) is 5.95 Å². The van der Waals surface area contributed by atoms with Gasteiger partial charge in [-0.15, -0.1) is 5.10 Å². The summed E-state index contributed by atoms with van der Waals surface area (Å²) in [7, 11) is 0. The van der Waals surface area contributed by atoms with E-state index in [-0.39, 0.29) is 11.7 Å². The molecule has 17 heavy (non-hydrogen) atoms. The van der Waals surface area contributed by atoms with Crippen LogP contribution >= 0.6 is 15.9 Å². The minimum Gasteiger partial charge on any atom is -0.507 e. The number of nitrogens with zero attached hydrogens (tertiary/aromatic N) is 3. The predicted octanol–water partition coefficient (Wildman–Crippen LogP) is 1.59. The van der Waals surface area contributed by atoms with Crippen molar-refractivity contribution in [3.05, 3.63) is 40.6 Å². The first-order valence-electron chi connectivity index (χ1n) is 4.60. The second-order valence-electron chi connectivity index (χ2n) is 3.09. The summed E-state index contributed by atoms with van der Waals surface area (Å²) in [6, 6.07) is 4.49. The van der Waals surface area contributed by atoms with Gasteiger partial charge in [0.15, 0.2) is 0 Å². The number of nitrogens with one attached hydrogen (secondary N) is 1. The molecular weight excluding hydrogens is 288 g/mol. The molecule has 0 saturated heterocycles. The number of aromatic nitrogens is 3. The van der Waals surface area contributed by atoms with Gasteiger partial charge in [0.1, 0.15) is 5.75 Å². The fraction of sp³-hybridized carbons (Fsp3) is 0. The van der Waals surface area contributed by atoms with Crippen molar-refractivity contribution in [2.24, 2.45) is 0 Å². The van der Waals surface area contributed by atoms with Crippen molar-refractivity contribution in [3.8, 4) is 5.75 Å². The van der Waals surface area contributed by atoms with Crippen LogP contribution in [0.15, 0.2) is 35.1 Å². The zero-order chi connectivity index (χ0) is 12.3. The van der Waals surface area contributed by atoms with Crippen LogP contribution in [0.5, 0.6) is 5.75 Å². The fourth-order valence-corrected chi connectivity index (χ4v) is 1.38. The minimum absolute atomic E-state index is 0.00949. The van der Waals surface area contributed by atoms with Crippen molar-refractivity contribution >= 4 is 27.8 Å². The van der Waals surface area contributed by atoms with Crippen LogP contribution in [-0.4, -0.2) is 26.2 Å². The highest BCUT2D eigenvalue weighted by Gasteiger charge is 2.09. The number of benzene rings is 1. The number of carbonyl (C=O) groups is 1. The van der Waals surface area contributed by atoms with E-state index >= 15 is 0 Å². The van der Waals surface area contributed by atoms with Crippen LogP contribution in [0.3, 0.4) is 0 Å². The number of phenols is 1. The van der Waals surface area contributed by atoms with Crippen molar-refractivity contribution in [1.82, 2.24) is 15.2 Å². The molecule has 0 unspecified atom stereocenters. The normalized spacial score (nSPS) is 9.94. The van der Waals surface area contributed by atoms with Gasteiger partial charge in [-0.1, -0.05) is 0 Å². The summed E-state index contributed by atoms with van der Waals surface area (Å²) in [5.74, 6) is -0.314. The summed E-state index contributed by atoms with van der Waals surface area (Å²) in [6.45, 7) is 0. The molecule has 0 atom stereocenters. The Labute approximate surface area is 105 Å². The summed E-state index contributed by atoms with van der Waals surface area (Å²) in [5, 5.41) is 19.1. The molecule has 0 bridgehead atoms. The van der Waals surface area contributed by atoms with Gasteiger partial charge in [0, 0.05) is 5.56 Å². The highest BCUT2D eigenvalue weighted by Crippen LogP contribution is 2.24. The van der Waals surface area contributed by atoms with Crippen molar-refractivity contribution in [2.45, 2.75) is 0 Å². The maximum atomic E-state index is 11.7. The molecule has 86 valence electrons. The maximum absolute atomic E-state index is 11.7. The molecule has 7 heteroatoms. The number of hydrogen-bond donors (Lipinski definition) is 2. The Morgan fingerprint density at radius 2 is 2.18 bits per heavy atom. The Bertz CT molecular complexity index is 547. The molecule has 0 aliphatic carbocycles. The molecule has 1 aromatic carbocycles. The molecule has 1 aromatic heterocycles. The smallest absolute Gasteiger partial charge is 0.258 e. The van der Waals surface area contributed by atoms with Gasteiger partial charge in [0.05, 0.1) is 16.9 Å². The Balaban J connectivity index is 2.18. The predicted molar refractivity (Wildman–Crippen MR) is 63.6 cm³/mol. The number of rotatable bonds is 2. The Morgan fingerprint density at radius 3 is 2.82 bits per heavy atom. The lowest BCUT2D eigenvalue weighted by molar-refractivity contribution is 0.102. The average Bonchev–Trinajstić information content (AvgIpc) is 2.34. The molecule has 0 radical (unpaired) electrons. The van der Waals surface area contributed by atoms with E-state index < -0.39 is 5.91 Å². The molecular formula is C10H7BrN4O2. The second-order valence-corrected chi connectivity index (χ2v) is 3.94. The Morgan fingerprint density at radius 1 is 1.35 bits per heavy atom. The SMILES string of the molecule is O=C(Nc1nccnn1)c1ccc(Br)c(O)c1. The van der Waals surface area contributed by atoms with Crippen LogP contribution in [0.4, 0.5) is 5.95 Å². The van der Waals surface area contributed by atoms with Crippen LogP contribution < -0.4 is 5.32 Å². The summed E-state index contributed by atoms with van der Waals surface area (Å²) in [4.78, 5) is 15.5. The van der Waals surface area contributed by atoms with E-state index in [1.54, 1.807) is 12.1 Å². The van der Waals surface area contributed by atoms with Gasteiger partial charge >= 0.3 is 0 Å². The zero-order valence-electron chi connectivity index (χ0n) is 8.46. The molecule has 1 amide bonds. The lowest BCUT2D eigenvalue weighted by Gasteiger charge is -2.03. The van der Waals surface area contributed by atoms with Crippen molar-refractivity contribution in [3.63, 3.8) is 0 Å². The van der Waals surface area contributed by atoms with Crippen molar-refractivity contribution in [1.29, 1.82) is 0 Å². The van der Waals surface area contributed by atoms with Crippen molar-refractivity contribution < 1.29 is 9.90 Å². The second kappa shape index (κ2) is 4.88. The lowest BCUT2D eigenvalue weighted by Crippen LogP contribution is -2.14. The van der Waals surface area contributed by atoms with Gasteiger partial charge in [-0.3, -0.25) is 10.1 Å². The number of aromatic hydroxyl groups is 1. The van der Waals surface area contributed by atoms with Gasteiger partial charge in [-0.2, -0.15) is 5.10 Å². The van der Waals surface area contributed by atoms with E-state index in [4.69, 9.17) is 0 Å². The number of anilines is 1. The molecule has 2 rings (SSSR count). The van der Waals surface area contributed by atoms with Gasteiger partial charge in [0.25, 0.3) is 5.91 Å². The first-order chi connectivity index (χ1) is 8.16. The number of carbonyl (C=O) groups excluding carboxylic acids is 1. The first kappa shape index (κ1) is 11.5. The van der Waals surface area contributed by atoms with E-state index in [1.807, 2.05) is 0 Å². The molecule has 0 fully saturated rings. The molecule has 0 spiro atoms. The lowest BCUT2D eigenvalue weighted by atomic mass is 10.2. The molecule has 2 N–H and O–H groups in total. The summed E-state index contributed by atoms with van der Waals surface area (Å²) >= 11 is 3.13. The maximum Gasteiger partial charge on any atom is 0.258 e. The molecule has 2 aromatic rings. The molecule has 0 aliphatic heterocycles. The quantitative estimate of drug-likeness (QED) is 0.878. The standard InChI is InChI=1S/C10H7BrN4O2/c11-7-2-1-6(5-8(7)16)9(17)14-10-12-3-4-13-15-10/h1-5,16H,(H,12,14,15,17). The van der Waals surface area contributed by atoms with Crippen LogP contribution in [0.2, 0.25) is 0 Å². The van der Waals surface area contributed by atoms with E-state index in [0.717, 1.165) is 0 Å². The number of hydrogen-bond acceptors (Lipinski definition) is 5. The topological polar surface area (TPSA) is 88.0 Å². The molecule has 0 aliphatic rings. The number of amides is 1. The van der Waals surface area contributed by atoms with Gasteiger partial charge in [-0.05, 0) is 34.1 Å². The van der Waals surface area contributed by atoms with Crippen LogP contribution in [-0.2, 0) is 0 Å². The summed E-state index contributed by atoms with van der Waals surface area (Å²) in [5.41, 5.74) is 0.304. The van der Waals surface area contributed by atoms with Crippen LogP contribution in [0.1, 0.15) is 10.4 Å².